The van der Waals surface area contributed by atoms with Crippen molar-refractivity contribution in [3.8, 4) is 11.5 Å². The second-order valence-electron chi connectivity index (χ2n) is 6.23. The first kappa shape index (κ1) is 26.0. The molecule has 2 aromatic carbocycles. The third-order valence-electron chi connectivity index (χ3n) is 3.95. The zero-order chi connectivity index (χ0) is 23.9. The average molecular weight is 446 g/mol. The topological polar surface area (TPSA) is 151 Å². The molecule has 0 aromatic heterocycles. The maximum Gasteiger partial charge on any atom is 0.305 e. The Labute approximate surface area is 185 Å². The van der Waals surface area contributed by atoms with Crippen LogP contribution in [0.3, 0.4) is 0 Å². The Morgan fingerprint density at radius 1 is 0.750 bits per heavy atom. The fourth-order valence-corrected chi connectivity index (χ4v) is 2.34. The number of hydrogen-bond acceptors (Lipinski definition) is 6. The number of methoxy groups -OCH3 is 2. The van der Waals surface area contributed by atoms with Crippen LogP contribution < -0.4 is 20.1 Å². The summed E-state index contributed by atoms with van der Waals surface area (Å²) in [6, 6.07) is 13.4. The summed E-state index contributed by atoms with van der Waals surface area (Å²) in [5.74, 6) is -1.37. The molecule has 0 unspecified atom stereocenters. The number of rotatable bonds is 10. The average Bonchev–Trinajstić information content (AvgIpc) is 2.78. The zero-order valence-corrected chi connectivity index (χ0v) is 17.8. The van der Waals surface area contributed by atoms with Crippen LogP contribution in [0.4, 0.5) is 0 Å². The van der Waals surface area contributed by atoms with E-state index >= 15 is 0 Å². The number of nitrogens with one attached hydrogen (secondary N) is 2. The highest BCUT2D eigenvalue weighted by Gasteiger charge is 2.11. The molecule has 32 heavy (non-hydrogen) atoms. The summed E-state index contributed by atoms with van der Waals surface area (Å²) in [5.41, 5.74) is 0.876. The van der Waals surface area contributed by atoms with Crippen molar-refractivity contribution >= 4 is 23.8 Å². The van der Waals surface area contributed by atoms with Gasteiger partial charge in [0.05, 0.1) is 32.6 Å². The van der Waals surface area contributed by atoms with Crippen LogP contribution in [0.2, 0.25) is 0 Å². The lowest BCUT2D eigenvalue weighted by molar-refractivity contribution is -0.137. The summed E-state index contributed by atoms with van der Waals surface area (Å²) >= 11 is 0. The molecule has 2 aromatic rings. The molecule has 0 saturated carbocycles. The summed E-state index contributed by atoms with van der Waals surface area (Å²) in [5, 5.41) is 21.8. The molecule has 0 heterocycles. The van der Waals surface area contributed by atoms with Gasteiger partial charge in [-0.15, -0.1) is 0 Å². The van der Waals surface area contributed by atoms with Crippen LogP contribution in [0.5, 0.6) is 11.5 Å². The van der Waals surface area contributed by atoms with Gasteiger partial charge in [-0.2, -0.15) is 0 Å². The smallest absolute Gasteiger partial charge is 0.305 e. The standard InChI is InChI=1S/2C11H13NO4/c1-16-9-4-2-8(3-5-9)11(15)12-7-6-10(13)14;1-16-9-5-3-2-4-8(9)11(15)12-7-6-10(13)14/h2*2-5H,6-7H2,1H3,(H,12,15)(H,13,14). The van der Waals surface area contributed by atoms with Gasteiger partial charge in [-0.1, -0.05) is 12.1 Å². The molecule has 10 nitrogen and oxygen atoms in total. The van der Waals surface area contributed by atoms with Crippen molar-refractivity contribution in [2.24, 2.45) is 0 Å². The number of hydrogen-bond donors (Lipinski definition) is 4. The molecular weight excluding hydrogens is 420 g/mol. The fourth-order valence-electron chi connectivity index (χ4n) is 2.34. The SMILES string of the molecule is COc1ccc(C(=O)NCCC(=O)O)cc1.COc1ccccc1C(=O)NCCC(=O)O. The minimum atomic E-state index is -0.944. The molecule has 0 radical (unpaired) electrons. The molecule has 0 saturated heterocycles. The number of carboxylic acid groups (broad SMARTS) is 2. The van der Waals surface area contributed by atoms with E-state index in [1.54, 1.807) is 55.6 Å². The van der Waals surface area contributed by atoms with Gasteiger partial charge in [0.25, 0.3) is 11.8 Å². The van der Waals surface area contributed by atoms with Gasteiger partial charge in [-0.25, -0.2) is 0 Å². The van der Waals surface area contributed by atoms with Gasteiger partial charge in [0.2, 0.25) is 0 Å². The molecule has 0 aliphatic carbocycles. The van der Waals surface area contributed by atoms with Gasteiger partial charge in [0, 0.05) is 18.7 Å². The molecule has 2 amide bonds. The van der Waals surface area contributed by atoms with Crippen molar-refractivity contribution in [2.45, 2.75) is 12.8 Å². The van der Waals surface area contributed by atoms with Crippen molar-refractivity contribution in [3.05, 3.63) is 59.7 Å². The van der Waals surface area contributed by atoms with Crippen molar-refractivity contribution in [3.63, 3.8) is 0 Å². The number of benzene rings is 2. The minimum absolute atomic E-state index is 0.0815. The van der Waals surface area contributed by atoms with Gasteiger partial charge in [-0.05, 0) is 36.4 Å². The van der Waals surface area contributed by atoms with E-state index in [4.69, 9.17) is 19.7 Å². The van der Waals surface area contributed by atoms with E-state index in [-0.39, 0.29) is 37.7 Å². The van der Waals surface area contributed by atoms with Gasteiger partial charge >= 0.3 is 11.9 Å². The second-order valence-corrected chi connectivity index (χ2v) is 6.23. The number of aliphatic carboxylic acids is 2. The lowest BCUT2D eigenvalue weighted by atomic mass is 10.2. The predicted octanol–water partition coefficient (Wildman–Crippen LogP) is 1.80. The maximum atomic E-state index is 11.6. The fraction of sp³-hybridized carbons (Fsp3) is 0.273. The van der Waals surface area contributed by atoms with Crippen LogP contribution in [0.1, 0.15) is 33.6 Å². The molecule has 10 heteroatoms. The number of carboxylic acids is 2. The normalized spacial score (nSPS) is 9.56. The lowest BCUT2D eigenvalue weighted by Gasteiger charge is -2.07. The molecule has 0 spiro atoms. The van der Waals surface area contributed by atoms with Gasteiger partial charge in [0.15, 0.2) is 0 Å². The van der Waals surface area contributed by atoms with E-state index in [1.165, 1.54) is 7.11 Å². The van der Waals surface area contributed by atoms with E-state index in [0.29, 0.717) is 22.6 Å². The Morgan fingerprint density at radius 3 is 1.78 bits per heavy atom. The van der Waals surface area contributed by atoms with Crippen LogP contribution in [-0.2, 0) is 9.59 Å². The third kappa shape index (κ3) is 9.61. The molecule has 0 bridgehead atoms. The van der Waals surface area contributed by atoms with Crippen molar-refractivity contribution in [1.82, 2.24) is 10.6 Å². The molecule has 0 fully saturated rings. The van der Waals surface area contributed by atoms with E-state index < -0.39 is 11.9 Å². The predicted molar refractivity (Wildman–Crippen MR) is 115 cm³/mol. The Bertz CT molecular complexity index is 912. The first-order chi connectivity index (χ1) is 15.3. The third-order valence-corrected chi connectivity index (χ3v) is 3.95. The highest BCUT2D eigenvalue weighted by molar-refractivity contribution is 5.97. The minimum Gasteiger partial charge on any atom is -0.497 e. The number of ether oxygens (including phenoxy) is 2. The molecular formula is C22H26N2O8. The summed E-state index contributed by atoms with van der Waals surface area (Å²) < 4.78 is 9.97. The monoisotopic (exact) mass is 446 g/mol. The van der Waals surface area contributed by atoms with Crippen molar-refractivity contribution in [1.29, 1.82) is 0 Å². The molecule has 4 N–H and O–H groups in total. The van der Waals surface area contributed by atoms with Crippen LogP contribution >= 0.6 is 0 Å². The van der Waals surface area contributed by atoms with E-state index in [1.807, 2.05) is 0 Å². The summed E-state index contributed by atoms with van der Waals surface area (Å²) in [6.45, 7) is 0.229. The van der Waals surface area contributed by atoms with Gasteiger partial charge < -0.3 is 30.3 Å². The van der Waals surface area contributed by atoms with Crippen molar-refractivity contribution < 1.29 is 38.9 Å². The quantitative estimate of drug-likeness (QED) is 0.431. The molecule has 0 atom stereocenters. The first-order valence-electron chi connectivity index (χ1n) is 9.55. The van der Waals surface area contributed by atoms with Crippen LogP contribution in [0, 0.1) is 0 Å². The van der Waals surface area contributed by atoms with Crippen LogP contribution in [-0.4, -0.2) is 61.3 Å². The van der Waals surface area contributed by atoms with Crippen molar-refractivity contribution in [2.75, 3.05) is 27.3 Å². The first-order valence-corrected chi connectivity index (χ1v) is 9.55. The zero-order valence-electron chi connectivity index (χ0n) is 17.8. The Morgan fingerprint density at radius 2 is 1.28 bits per heavy atom. The summed E-state index contributed by atoms with van der Waals surface area (Å²) in [6.07, 6.45) is -0.178. The number of carbonyl (C=O) groups excluding carboxylic acids is 2. The van der Waals surface area contributed by atoms with Crippen LogP contribution in [0.15, 0.2) is 48.5 Å². The largest absolute Gasteiger partial charge is 0.497 e. The van der Waals surface area contributed by atoms with Crippen LogP contribution in [0.25, 0.3) is 0 Å². The summed E-state index contributed by atoms with van der Waals surface area (Å²) in [7, 11) is 3.02. The van der Waals surface area contributed by atoms with Gasteiger partial charge in [0.1, 0.15) is 11.5 Å². The van der Waals surface area contributed by atoms with E-state index in [9.17, 15) is 19.2 Å². The van der Waals surface area contributed by atoms with E-state index in [2.05, 4.69) is 10.6 Å². The second kappa shape index (κ2) is 14.0. The molecule has 172 valence electrons. The van der Waals surface area contributed by atoms with Gasteiger partial charge in [-0.3, -0.25) is 19.2 Å². The summed E-state index contributed by atoms with van der Waals surface area (Å²) in [4.78, 5) is 43.6. The molecule has 0 aliphatic heterocycles. The Balaban J connectivity index is 0.000000320. The molecule has 2 rings (SSSR count). The highest BCUT2D eigenvalue weighted by atomic mass is 16.5. The molecule has 0 aliphatic rings. The number of para-hydroxylation sites is 1. The highest BCUT2D eigenvalue weighted by Crippen LogP contribution is 2.16. The lowest BCUT2D eigenvalue weighted by Crippen LogP contribution is -2.26. The maximum absolute atomic E-state index is 11.6. The number of carbonyl (C=O) groups is 4. The Kier molecular flexibility index (Phi) is 11.4. The van der Waals surface area contributed by atoms with E-state index in [0.717, 1.165) is 0 Å². The number of amides is 2. The Hall–Kier alpha value is -4.08.